The summed E-state index contributed by atoms with van der Waals surface area (Å²) in [5, 5.41) is 22.1. The summed E-state index contributed by atoms with van der Waals surface area (Å²) in [6.07, 6.45) is 6.20. The van der Waals surface area contributed by atoms with Gasteiger partial charge in [0.05, 0.1) is 37.0 Å². The van der Waals surface area contributed by atoms with Gasteiger partial charge in [-0.3, -0.25) is 9.78 Å². The zero-order valence-corrected chi connectivity index (χ0v) is 22.9. The van der Waals surface area contributed by atoms with Crippen molar-refractivity contribution in [2.75, 3.05) is 45.7 Å². The van der Waals surface area contributed by atoms with Gasteiger partial charge in [0.2, 0.25) is 0 Å². The van der Waals surface area contributed by atoms with E-state index < -0.39 is 12.1 Å². The van der Waals surface area contributed by atoms with Crippen molar-refractivity contribution in [2.45, 2.75) is 51.0 Å². The molecule has 0 radical (unpaired) electrons. The minimum atomic E-state index is -0.759. The van der Waals surface area contributed by atoms with E-state index in [-0.39, 0.29) is 11.8 Å². The normalized spacial score (nSPS) is 16.3. The molecule has 7 heteroatoms. The largest absolute Gasteiger partial charge is 0.497 e. The molecule has 4 rings (SSSR count). The highest BCUT2D eigenvalue weighted by molar-refractivity contribution is 5.88. The molecule has 1 atom stereocenters. The molecule has 2 N–H and O–H groups in total. The molecule has 0 bridgehead atoms. The van der Waals surface area contributed by atoms with Gasteiger partial charge in [-0.2, -0.15) is 0 Å². The molecule has 1 saturated heterocycles. The average molecular weight is 520 g/mol. The lowest BCUT2D eigenvalue weighted by atomic mass is 9.71. The molecular weight excluding hydrogens is 478 g/mol. The molecule has 7 nitrogen and oxygen atoms in total. The summed E-state index contributed by atoms with van der Waals surface area (Å²) in [6, 6.07) is 16.2. The molecule has 1 unspecified atom stereocenters. The third-order valence-corrected chi connectivity index (χ3v) is 8.08. The summed E-state index contributed by atoms with van der Waals surface area (Å²) in [5.74, 6) is -0.0456. The summed E-state index contributed by atoms with van der Waals surface area (Å²) in [6.45, 7) is 2.82. The molecule has 0 spiro atoms. The Hall–Kier alpha value is -3.16. The molecule has 1 aliphatic rings. The second-order valence-electron chi connectivity index (χ2n) is 10.9. The zero-order chi connectivity index (χ0) is 27.1. The number of aliphatic hydroxyl groups is 1. The van der Waals surface area contributed by atoms with E-state index >= 15 is 0 Å². The molecular formula is C31H41N3O4. The minimum absolute atomic E-state index is 0.142. The van der Waals surface area contributed by atoms with Crippen molar-refractivity contribution in [3.05, 3.63) is 65.9 Å². The number of hydrogen-bond acceptors (Lipinski definition) is 6. The number of carboxylic acid groups (broad SMARTS) is 1. The van der Waals surface area contributed by atoms with E-state index in [1.165, 1.54) is 5.56 Å². The van der Waals surface area contributed by atoms with Crippen LogP contribution in [0, 0.1) is 5.41 Å². The van der Waals surface area contributed by atoms with Crippen molar-refractivity contribution in [1.82, 2.24) is 9.88 Å². The Kier molecular flexibility index (Phi) is 9.23. The first kappa shape index (κ1) is 27.9. The smallest absolute Gasteiger partial charge is 0.303 e. The van der Waals surface area contributed by atoms with Crippen molar-refractivity contribution in [3.8, 4) is 5.75 Å². The van der Waals surface area contributed by atoms with Crippen molar-refractivity contribution in [3.63, 3.8) is 0 Å². The van der Waals surface area contributed by atoms with Gasteiger partial charge in [-0.05, 0) is 87.3 Å². The molecule has 38 heavy (non-hydrogen) atoms. The highest BCUT2D eigenvalue weighted by Crippen LogP contribution is 2.43. The van der Waals surface area contributed by atoms with Gasteiger partial charge in [0.1, 0.15) is 5.75 Å². The number of methoxy groups -OCH3 is 1. The number of hydrogen-bond donors (Lipinski definition) is 2. The van der Waals surface area contributed by atoms with E-state index in [0.29, 0.717) is 18.6 Å². The number of benzene rings is 2. The van der Waals surface area contributed by atoms with E-state index in [1.807, 2.05) is 43.3 Å². The predicted molar refractivity (Wildman–Crippen MR) is 152 cm³/mol. The van der Waals surface area contributed by atoms with Crippen LogP contribution in [0.25, 0.3) is 10.9 Å². The number of carboxylic acids is 1. The maximum absolute atomic E-state index is 11.9. The van der Waals surface area contributed by atoms with Gasteiger partial charge in [-0.25, -0.2) is 0 Å². The molecule has 2 heterocycles. The number of piperidine rings is 1. The Balaban J connectivity index is 1.44. The molecule has 0 saturated carbocycles. The van der Waals surface area contributed by atoms with Crippen molar-refractivity contribution < 1.29 is 19.7 Å². The molecule has 0 aliphatic carbocycles. The van der Waals surface area contributed by atoms with Crippen LogP contribution in [0.2, 0.25) is 0 Å². The molecule has 2 aromatic carbocycles. The summed E-state index contributed by atoms with van der Waals surface area (Å²) in [7, 11) is 5.52. The molecule has 3 aromatic rings. The van der Waals surface area contributed by atoms with Crippen LogP contribution in [0.15, 0.2) is 54.7 Å². The van der Waals surface area contributed by atoms with Crippen LogP contribution in [0.5, 0.6) is 5.75 Å². The molecule has 1 aromatic heterocycles. The molecule has 0 amide bonds. The van der Waals surface area contributed by atoms with Gasteiger partial charge in [-0.15, -0.1) is 0 Å². The first-order valence-corrected chi connectivity index (χ1v) is 13.6. The number of aliphatic carboxylic acids is 1. The van der Waals surface area contributed by atoms with E-state index in [4.69, 9.17) is 4.74 Å². The van der Waals surface area contributed by atoms with Gasteiger partial charge in [0.15, 0.2) is 0 Å². The Labute approximate surface area is 226 Å². The summed E-state index contributed by atoms with van der Waals surface area (Å²) in [4.78, 5) is 20.9. The fourth-order valence-electron chi connectivity index (χ4n) is 5.84. The number of aromatic nitrogens is 1. The van der Waals surface area contributed by atoms with Crippen LogP contribution in [0.1, 0.15) is 55.8 Å². The second kappa shape index (κ2) is 12.6. The topological polar surface area (TPSA) is 86.1 Å². The maximum atomic E-state index is 11.9. The Morgan fingerprint density at radius 1 is 1.16 bits per heavy atom. The number of ether oxygens (including phenoxy) is 1. The van der Waals surface area contributed by atoms with Crippen LogP contribution in [-0.4, -0.2) is 66.9 Å². The third kappa shape index (κ3) is 6.83. The van der Waals surface area contributed by atoms with Crippen molar-refractivity contribution in [2.24, 2.45) is 5.41 Å². The number of nitrogens with zero attached hydrogens (tertiary/aromatic N) is 3. The van der Waals surface area contributed by atoms with Crippen LogP contribution in [0.3, 0.4) is 0 Å². The lowest BCUT2D eigenvalue weighted by Crippen LogP contribution is -2.41. The summed E-state index contributed by atoms with van der Waals surface area (Å²) < 4.78 is 5.44. The summed E-state index contributed by atoms with van der Waals surface area (Å²) >= 11 is 0. The Bertz CT molecular complexity index is 1210. The maximum Gasteiger partial charge on any atom is 0.303 e. The van der Waals surface area contributed by atoms with Crippen LogP contribution < -0.4 is 9.64 Å². The number of carbonyl (C=O) groups is 1. The van der Waals surface area contributed by atoms with Crippen LogP contribution in [0.4, 0.5) is 5.69 Å². The quantitative estimate of drug-likeness (QED) is 0.335. The third-order valence-electron chi connectivity index (χ3n) is 8.08. The summed E-state index contributed by atoms with van der Waals surface area (Å²) in [5.41, 5.74) is 3.54. The first-order chi connectivity index (χ1) is 18.3. The Morgan fingerprint density at radius 2 is 1.89 bits per heavy atom. The number of pyridine rings is 1. The molecule has 1 fully saturated rings. The number of rotatable bonds is 12. The van der Waals surface area contributed by atoms with Gasteiger partial charge in [-0.1, -0.05) is 30.3 Å². The van der Waals surface area contributed by atoms with Crippen molar-refractivity contribution >= 4 is 22.6 Å². The van der Waals surface area contributed by atoms with Crippen LogP contribution >= 0.6 is 0 Å². The second-order valence-corrected chi connectivity index (χ2v) is 10.9. The molecule has 204 valence electrons. The minimum Gasteiger partial charge on any atom is -0.497 e. The number of aliphatic hydroxyl groups excluding tert-OH is 1. The molecule has 1 aliphatic heterocycles. The highest BCUT2D eigenvalue weighted by atomic mass is 16.5. The number of aryl methyl sites for hydroxylation is 1. The van der Waals surface area contributed by atoms with Gasteiger partial charge < -0.3 is 24.7 Å². The zero-order valence-electron chi connectivity index (χ0n) is 22.9. The van der Waals surface area contributed by atoms with Crippen molar-refractivity contribution in [1.29, 1.82) is 0 Å². The van der Waals surface area contributed by atoms with Gasteiger partial charge in [0, 0.05) is 25.0 Å². The fraction of sp³-hybridized carbons (Fsp3) is 0.484. The number of likely N-dealkylation sites (tertiary alicyclic amines) is 1. The lowest BCUT2D eigenvalue weighted by Gasteiger charge is -2.42. The number of anilines is 1. The number of fused-ring (bicyclic) bond motifs is 1. The Morgan fingerprint density at radius 3 is 2.55 bits per heavy atom. The van der Waals surface area contributed by atoms with E-state index in [0.717, 1.165) is 67.5 Å². The highest BCUT2D eigenvalue weighted by Gasteiger charge is 2.37. The standard InChI is InChI=1S/C31H41N3O4/c1-33(2)27-22-32-26-12-11-24(38-3)20-25(26)30(27)28(35)13-14-31(21-29(36)37)15-18-34(19-16-31)17-7-10-23-8-5-4-6-9-23/h4-6,8-9,11-12,20,22,28,35H,7,10,13-19,21H2,1-3H3,(H,36,37). The fourth-order valence-corrected chi connectivity index (χ4v) is 5.84. The SMILES string of the molecule is COc1ccc2ncc(N(C)C)c(C(O)CCC3(CC(=O)O)CCN(CCCc4ccccc4)CC3)c2c1. The predicted octanol–water partition coefficient (Wildman–Crippen LogP) is 5.31. The van der Waals surface area contributed by atoms with Gasteiger partial charge >= 0.3 is 5.97 Å². The lowest BCUT2D eigenvalue weighted by molar-refractivity contribution is -0.141. The van der Waals surface area contributed by atoms with Gasteiger partial charge in [0.25, 0.3) is 0 Å². The van der Waals surface area contributed by atoms with E-state index in [1.54, 1.807) is 13.3 Å². The van der Waals surface area contributed by atoms with E-state index in [9.17, 15) is 15.0 Å². The van der Waals surface area contributed by atoms with Crippen LogP contribution in [-0.2, 0) is 11.2 Å². The van der Waals surface area contributed by atoms with E-state index in [2.05, 4.69) is 34.1 Å². The monoisotopic (exact) mass is 519 g/mol. The average Bonchev–Trinajstić information content (AvgIpc) is 2.92. The first-order valence-electron chi connectivity index (χ1n) is 13.6.